The molecule has 0 aromatic carbocycles. The van der Waals surface area contributed by atoms with Gasteiger partial charge in [0, 0.05) is 13.1 Å². The van der Waals surface area contributed by atoms with Crippen LogP contribution in [0.4, 0.5) is 0 Å². The molecule has 4 heteroatoms. The van der Waals surface area contributed by atoms with Crippen LogP contribution in [0.3, 0.4) is 0 Å². The molecule has 3 nitrogen and oxygen atoms in total. The number of piperidine rings is 1. The lowest BCUT2D eigenvalue weighted by Crippen LogP contribution is -2.42. The van der Waals surface area contributed by atoms with E-state index in [1.807, 2.05) is 6.26 Å². The van der Waals surface area contributed by atoms with Crippen LogP contribution in [0.15, 0.2) is 0 Å². The molecule has 0 aromatic rings. The van der Waals surface area contributed by atoms with Crippen LogP contribution in [0.5, 0.6) is 0 Å². The van der Waals surface area contributed by atoms with Crippen molar-refractivity contribution in [3.8, 4) is 0 Å². The first-order valence-corrected chi connectivity index (χ1v) is 5.58. The van der Waals surface area contributed by atoms with Gasteiger partial charge in [-0.3, -0.25) is 4.79 Å². The second-order valence-electron chi connectivity index (χ2n) is 3.07. The highest BCUT2D eigenvalue weighted by Crippen LogP contribution is 2.10. The zero-order valence-electron chi connectivity index (χ0n) is 7.32. The summed E-state index contributed by atoms with van der Waals surface area (Å²) in [5, 5.41) is 9.30. The molecule has 1 atom stereocenters. The van der Waals surface area contributed by atoms with Crippen molar-refractivity contribution in [2.75, 3.05) is 25.1 Å². The Kier molecular flexibility index (Phi) is 3.88. The summed E-state index contributed by atoms with van der Waals surface area (Å²) in [5.74, 6) is 0.688. The van der Waals surface area contributed by atoms with Crippen molar-refractivity contribution in [3.63, 3.8) is 0 Å². The molecule has 0 spiro atoms. The normalized spacial score (nSPS) is 24.2. The molecule has 1 aliphatic heterocycles. The summed E-state index contributed by atoms with van der Waals surface area (Å²) in [6.07, 6.45) is 3.38. The van der Waals surface area contributed by atoms with Crippen LogP contribution < -0.4 is 0 Å². The molecular weight excluding hydrogens is 174 g/mol. The van der Waals surface area contributed by atoms with E-state index in [9.17, 15) is 9.90 Å². The van der Waals surface area contributed by atoms with Gasteiger partial charge in [0.15, 0.2) is 0 Å². The number of hydrogen-bond donors (Lipinski definition) is 1. The lowest BCUT2D eigenvalue weighted by atomic mass is 10.1. The molecule has 0 aromatic heterocycles. The first-order valence-electron chi connectivity index (χ1n) is 4.19. The molecule has 0 bridgehead atoms. The van der Waals surface area contributed by atoms with Crippen LogP contribution in [0, 0.1) is 0 Å². The van der Waals surface area contributed by atoms with Gasteiger partial charge in [-0.25, -0.2) is 0 Å². The maximum atomic E-state index is 11.3. The predicted octanol–water partition coefficient (Wildman–Crippen LogP) is 0.333. The average Bonchev–Trinajstić information content (AvgIpc) is 2.05. The van der Waals surface area contributed by atoms with Gasteiger partial charge in [-0.1, -0.05) is 0 Å². The summed E-state index contributed by atoms with van der Waals surface area (Å²) < 4.78 is 0. The molecule has 1 rings (SSSR count). The second-order valence-corrected chi connectivity index (χ2v) is 3.93. The molecule has 1 N–H and O–H groups in total. The fourth-order valence-electron chi connectivity index (χ4n) is 1.40. The van der Waals surface area contributed by atoms with Crippen LogP contribution in [0.2, 0.25) is 0 Å². The minimum Gasteiger partial charge on any atom is -0.391 e. The zero-order chi connectivity index (χ0) is 8.97. The third-order valence-corrected chi connectivity index (χ3v) is 2.55. The summed E-state index contributed by atoms with van der Waals surface area (Å²) in [5.41, 5.74) is 0. The second kappa shape index (κ2) is 4.72. The Hall–Kier alpha value is -0.220. The van der Waals surface area contributed by atoms with Crippen molar-refractivity contribution in [2.24, 2.45) is 0 Å². The highest BCUT2D eigenvalue weighted by molar-refractivity contribution is 7.99. The molecule has 12 heavy (non-hydrogen) atoms. The quantitative estimate of drug-likeness (QED) is 0.680. The number of amides is 1. The standard InChI is InChI=1S/C8H15NO2S/c1-12-6-8(11)9-4-2-3-7(10)5-9/h7,10H,2-6H2,1H3/t7-/m0/s1. The molecule has 0 unspecified atom stereocenters. The van der Waals surface area contributed by atoms with Crippen LogP contribution >= 0.6 is 11.8 Å². The van der Waals surface area contributed by atoms with Gasteiger partial charge in [-0.15, -0.1) is 0 Å². The number of aliphatic hydroxyl groups excluding tert-OH is 1. The van der Waals surface area contributed by atoms with Crippen molar-refractivity contribution in [1.82, 2.24) is 4.90 Å². The van der Waals surface area contributed by atoms with Crippen molar-refractivity contribution in [1.29, 1.82) is 0 Å². The minimum absolute atomic E-state index is 0.154. The molecule has 0 aliphatic carbocycles. The van der Waals surface area contributed by atoms with Gasteiger partial charge in [-0.2, -0.15) is 11.8 Å². The molecule has 1 amide bonds. The Labute approximate surface area is 77.1 Å². The van der Waals surface area contributed by atoms with E-state index < -0.39 is 0 Å². The molecule has 1 aliphatic rings. The summed E-state index contributed by atoms with van der Waals surface area (Å²) in [6, 6.07) is 0. The van der Waals surface area contributed by atoms with Crippen molar-refractivity contribution in [2.45, 2.75) is 18.9 Å². The van der Waals surface area contributed by atoms with E-state index in [1.54, 1.807) is 4.90 Å². The van der Waals surface area contributed by atoms with Gasteiger partial charge < -0.3 is 10.0 Å². The number of carbonyl (C=O) groups excluding carboxylic acids is 1. The van der Waals surface area contributed by atoms with Gasteiger partial charge in [-0.05, 0) is 19.1 Å². The van der Waals surface area contributed by atoms with Crippen molar-refractivity contribution >= 4 is 17.7 Å². The van der Waals surface area contributed by atoms with Crippen LogP contribution in [-0.2, 0) is 4.79 Å². The Morgan fingerprint density at radius 2 is 2.50 bits per heavy atom. The number of carbonyl (C=O) groups is 1. The molecule has 1 saturated heterocycles. The number of hydrogen-bond acceptors (Lipinski definition) is 3. The lowest BCUT2D eigenvalue weighted by molar-refractivity contribution is -0.131. The third-order valence-electron chi connectivity index (χ3n) is 2.02. The van der Waals surface area contributed by atoms with Gasteiger partial charge in [0.1, 0.15) is 0 Å². The van der Waals surface area contributed by atoms with E-state index in [4.69, 9.17) is 0 Å². The summed E-state index contributed by atoms with van der Waals surface area (Å²) in [7, 11) is 0. The van der Waals surface area contributed by atoms with E-state index in [1.165, 1.54) is 11.8 Å². The number of nitrogens with zero attached hydrogens (tertiary/aromatic N) is 1. The van der Waals surface area contributed by atoms with E-state index in [0.29, 0.717) is 12.3 Å². The topological polar surface area (TPSA) is 40.5 Å². The Balaban J connectivity index is 2.35. The number of thioether (sulfide) groups is 1. The maximum Gasteiger partial charge on any atom is 0.232 e. The van der Waals surface area contributed by atoms with Gasteiger partial charge in [0.2, 0.25) is 5.91 Å². The van der Waals surface area contributed by atoms with Crippen molar-refractivity contribution < 1.29 is 9.90 Å². The Morgan fingerprint density at radius 1 is 1.75 bits per heavy atom. The number of aliphatic hydroxyl groups is 1. The van der Waals surface area contributed by atoms with Crippen LogP contribution in [0.25, 0.3) is 0 Å². The molecule has 0 saturated carbocycles. The highest BCUT2D eigenvalue weighted by Gasteiger charge is 2.20. The molecule has 1 heterocycles. The molecular formula is C8H15NO2S. The first-order chi connectivity index (χ1) is 5.74. The summed E-state index contributed by atoms with van der Waals surface area (Å²) in [6.45, 7) is 1.34. The van der Waals surface area contributed by atoms with Crippen molar-refractivity contribution in [3.05, 3.63) is 0 Å². The minimum atomic E-state index is -0.301. The molecule has 70 valence electrons. The lowest BCUT2D eigenvalue weighted by Gasteiger charge is -2.29. The van der Waals surface area contributed by atoms with Gasteiger partial charge in [0.25, 0.3) is 0 Å². The van der Waals surface area contributed by atoms with E-state index >= 15 is 0 Å². The van der Waals surface area contributed by atoms with E-state index in [0.717, 1.165) is 19.4 Å². The number of β-amino-alcohol motifs (C(OH)–C–C–N with tert-alkyl or cyclic N) is 1. The first kappa shape index (κ1) is 9.86. The van der Waals surface area contributed by atoms with Gasteiger partial charge in [0.05, 0.1) is 11.9 Å². The fraction of sp³-hybridized carbons (Fsp3) is 0.875. The van der Waals surface area contributed by atoms with E-state index in [2.05, 4.69) is 0 Å². The summed E-state index contributed by atoms with van der Waals surface area (Å²) >= 11 is 1.53. The van der Waals surface area contributed by atoms with Crippen LogP contribution in [-0.4, -0.2) is 47.1 Å². The smallest absolute Gasteiger partial charge is 0.232 e. The fourth-order valence-corrected chi connectivity index (χ4v) is 1.83. The molecule has 1 fully saturated rings. The van der Waals surface area contributed by atoms with E-state index in [-0.39, 0.29) is 12.0 Å². The average molecular weight is 189 g/mol. The third kappa shape index (κ3) is 2.68. The SMILES string of the molecule is CSCC(=O)N1CCC[C@H](O)C1. The van der Waals surface area contributed by atoms with Gasteiger partial charge >= 0.3 is 0 Å². The number of likely N-dealkylation sites (tertiary alicyclic amines) is 1. The Morgan fingerprint density at radius 3 is 3.08 bits per heavy atom. The number of rotatable bonds is 2. The maximum absolute atomic E-state index is 11.3. The monoisotopic (exact) mass is 189 g/mol. The largest absolute Gasteiger partial charge is 0.391 e. The van der Waals surface area contributed by atoms with Crippen LogP contribution in [0.1, 0.15) is 12.8 Å². The Bertz CT molecular complexity index is 163. The highest BCUT2D eigenvalue weighted by atomic mass is 32.2. The predicted molar refractivity (Wildman–Crippen MR) is 50.2 cm³/mol. The molecule has 0 radical (unpaired) electrons. The zero-order valence-corrected chi connectivity index (χ0v) is 8.14. The summed E-state index contributed by atoms with van der Waals surface area (Å²) in [4.78, 5) is 13.1.